The van der Waals surface area contributed by atoms with Crippen molar-refractivity contribution in [1.82, 2.24) is 0 Å². The van der Waals surface area contributed by atoms with Gasteiger partial charge in [0.15, 0.2) is 6.29 Å². The average molecular weight is 589 g/mol. The van der Waals surface area contributed by atoms with E-state index in [-0.39, 0.29) is 6.10 Å². The lowest BCUT2D eigenvalue weighted by atomic mass is 9.43. The lowest BCUT2D eigenvalue weighted by Gasteiger charge is -2.62. The van der Waals surface area contributed by atoms with Gasteiger partial charge in [0.25, 0.3) is 0 Å². The maximum Gasteiger partial charge on any atom is 0.186 e. The Kier molecular flexibility index (Phi) is 8.09. The number of aliphatic hydroxyl groups is 4. The van der Waals surface area contributed by atoms with Crippen molar-refractivity contribution in [3.63, 3.8) is 0 Å². The summed E-state index contributed by atoms with van der Waals surface area (Å²) >= 11 is 0. The molecule has 42 heavy (non-hydrogen) atoms. The van der Waals surface area contributed by atoms with Crippen LogP contribution < -0.4 is 0 Å². The quantitative estimate of drug-likeness (QED) is 0.210. The van der Waals surface area contributed by atoms with Crippen molar-refractivity contribution < 1.29 is 29.9 Å². The molecule has 2 spiro atoms. The molecule has 0 radical (unpaired) electrons. The van der Waals surface area contributed by atoms with Crippen LogP contribution in [0.2, 0.25) is 0 Å². The minimum Gasteiger partial charge on any atom is -0.394 e. The van der Waals surface area contributed by atoms with E-state index >= 15 is 0 Å². The van der Waals surface area contributed by atoms with Crippen LogP contribution in [0.1, 0.15) is 112 Å². The van der Waals surface area contributed by atoms with Crippen molar-refractivity contribution in [3.05, 3.63) is 12.2 Å². The van der Waals surface area contributed by atoms with Gasteiger partial charge in [0, 0.05) is 0 Å². The molecular formula is C36H60O6. The standard InChI is InChI=1S/C36H60O6/c1-20(2)21(3)8-9-22(4)24-12-14-34(7)28-11-10-25-23(5)26(41-32-31(40)30(39)29(38)27(18-37)42-32)13-15-35(25)19-36(28,35)17-16-33(24,34)6/h20,22-32,37-40H,3,8-19H2,1-2,4-7H3/t22-,23+,24-,25+,26+,27-,28+,29-,30+,31-,32-,33-,34+,35-,36+/m1/s1. The minimum atomic E-state index is -1.39. The Balaban J connectivity index is 1.15. The van der Waals surface area contributed by atoms with Gasteiger partial charge in [-0.25, -0.2) is 0 Å². The van der Waals surface area contributed by atoms with Crippen molar-refractivity contribution in [1.29, 1.82) is 0 Å². The summed E-state index contributed by atoms with van der Waals surface area (Å²) in [5.41, 5.74) is 3.16. The molecule has 5 saturated carbocycles. The van der Waals surface area contributed by atoms with Gasteiger partial charge in [-0.05, 0) is 128 Å². The van der Waals surface area contributed by atoms with Gasteiger partial charge < -0.3 is 29.9 Å². The van der Waals surface area contributed by atoms with E-state index in [9.17, 15) is 20.4 Å². The predicted molar refractivity (Wildman–Crippen MR) is 163 cm³/mol. The molecule has 15 atom stereocenters. The van der Waals surface area contributed by atoms with Crippen LogP contribution in [0.5, 0.6) is 0 Å². The SMILES string of the molecule is C=C(CC[C@@H](C)[C@H]1CC[C@@]2(C)[C@@H]3CC[C@H]4[C@H](C)[C@@H](O[C@@H]5O[C@H](CO)[C@@H](O)[C@H](O)[C@H]5O)CC[C@@]45C[C@@]35CC[C@]12C)C(C)C. The number of rotatable bonds is 8. The molecule has 6 aliphatic rings. The van der Waals surface area contributed by atoms with Crippen LogP contribution in [0.4, 0.5) is 0 Å². The van der Waals surface area contributed by atoms with Crippen LogP contribution in [0, 0.1) is 57.2 Å². The third-order valence-electron chi connectivity index (χ3n) is 15.3. The Morgan fingerprint density at radius 2 is 1.64 bits per heavy atom. The van der Waals surface area contributed by atoms with E-state index in [1.807, 2.05) is 0 Å². The van der Waals surface area contributed by atoms with E-state index in [1.54, 1.807) is 0 Å². The zero-order valence-corrected chi connectivity index (χ0v) is 27.2. The highest BCUT2D eigenvalue weighted by molar-refractivity contribution is 5.29. The maximum absolute atomic E-state index is 10.6. The van der Waals surface area contributed by atoms with Gasteiger partial charge in [0.1, 0.15) is 24.4 Å². The number of ether oxygens (including phenoxy) is 2. The molecule has 5 aliphatic carbocycles. The lowest BCUT2D eigenvalue weighted by Crippen LogP contribution is -2.60. The molecule has 1 heterocycles. The molecule has 0 aromatic rings. The molecular weight excluding hydrogens is 528 g/mol. The van der Waals surface area contributed by atoms with E-state index in [2.05, 4.69) is 48.1 Å². The van der Waals surface area contributed by atoms with Crippen LogP contribution >= 0.6 is 0 Å². The van der Waals surface area contributed by atoms with Crippen LogP contribution in [0.3, 0.4) is 0 Å². The number of fused-ring (bicyclic) bond motifs is 2. The van der Waals surface area contributed by atoms with Crippen LogP contribution in [0.25, 0.3) is 0 Å². The van der Waals surface area contributed by atoms with E-state index in [1.165, 1.54) is 69.8 Å². The summed E-state index contributed by atoms with van der Waals surface area (Å²) in [7, 11) is 0. The number of hydrogen-bond acceptors (Lipinski definition) is 6. The molecule has 240 valence electrons. The molecule has 1 aliphatic heterocycles. The highest BCUT2D eigenvalue weighted by Gasteiger charge is 2.81. The first-order chi connectivity index (χ1) is 19.8. The Morgan fingerprint density at radius 3 is 2.33 bits per heavy atom. The zero-order valence-electron chi connectivity index (χ0n) is 27.2. The lowest BCUT2D eigenvalue weighted by molar-refractivity contribution is -0.319. The van der Waals surface area contributed by atoms with E-state index in [0.29, 0.717) is 39.4 Å². The molecule has 6 fully saturated rings. The van der Waals surface area contributed by atoms with Crippen LogP contribution in [-0.2, 0) is 9.47 Å². The summed E-state index contributed by atoms with van der Waals surface area (Å²) in [6.45, 7) is 18.7. The summed E-state index contributed by atoms with van der Waals surface area (Å²) in [5.74, 6) is 3.92. The third kappa shape index (κ3) is 4.31. The van der Waals surface area contributed by atoms with Gasteiger partial charge in [-0.2, -0.15) is 0 Å². The fourth-order valence-electron chi connectivity index (χ4n) is 12.4. The second-order valence-electron chi connectivity index (χ2n) is 16.8. The molecule has 1 saturated heterocycles. The molecule has 0 unspecified atom stereocenters. The van der Waals surface area contributed by atoms with Gasteiger partial charge >= 0.3 is 0 Å². The maximum atomic E-state index is 10.6. The second-order valence-corrected chi connectivity index (χ2v) is 16.8. The van der Waals surface area contributed by atoms with E-state index < -0.39 is 37.3 Å². The van der Waals surface area contributed by atoms with Crippen LogP contribution in [-0.4, -0.2) is 63.8 Å². The van der Waals surface area contributed by atoms with Gasteiger partial charge in [0.2, 0.25) is 0 Å². The van der Waals surface area contributed by atoms with E-state index in [4.69, 9.17) is 9.47 Å². The molecule has 0 aromatic carbocycles. The second kappa shape index (κ2) is 10.8. The minimum absolute atomic E-state index is 0.0574. The van der Waals surface area contributed by atoms with Crippen molar-refractivity contribution in [2.24, 2.45) is 57.2 Å². The van der Waals surface area contributed by atoms with Gasteiger partial charge in [-0.3, -0.25) is 0 Å². The molecule has 6 nitrogen and oxygen atoms in total. The van der Waals surface area contributed by atoms with Gasteiger partial charge in [-0.15, -0.1) is 0 Å². The first-order valence-corrected chi connectivity index (χ1v) is 17.4. The Bertz CT molecular complexity index is 1030. The number of aliphatic hydroxyl groups excluding tert-OH is 4. The van der Waals surface area contributed by atoms with Crippen molar-refractivity contribution in [2.45, 2.75) is 149 Å². The Hall–Kier alpha value is -0.500. The third-order valence-corrected chi connectivity index (χ3v) is 15.3. The fraction of sp³-hybridized carbons (Fsp3) is 0.944. The van der Waals surface area contributed by atoms with Crippen molar-refractivity contribution in [2.75, 3.05) is 6.61 Å². The Morgan fingerprint density at radius 1 is 0.905 bits per heavy atom. The van der Waals surface area contributed by atoms with Crippen molar-refractivity contribution in [3.8, 4) is 0 Å². The monoisotopic (exact) mass is 588 g/mol. The first-order valence-electron chi connectivity index (χ1n) is 17.4. The fourth-order valence-corrected chi connectivity index (χ4v) is 12.4. The molecule has 4 N–H and O–H groups in total. The molecule has 0 aromatic heterocycles. The largest absolute Gasteiger partial charge is 0.394 e. The zero-order chi connectivity index (χ0) is 30.4. The smallest absolute Gasteiger partial charge is 0.186 e. The predicted octanol–water partition coefficient (Wildman–Crippen LogP) is 5.85. The van der Waals surface area contributed by atoms with Gasteiger partial charge in [-0.1, -0.05) is 53.7 Å². The highest BCUT2D eigenvalue weighted by atomic mass is 16.7. The summed E-state index contributed by atoms with van der Waals surface area (Å²) in [6, 6.07) is 0. The molecule has 0 bridgehead atoms. The topological polar surface area (TPSA) is 99.4 Å². The Labute approximate surface area is 254 Å². The van der Waals surface area contributed by atoms with Crippen LogP contribution in [0.15, 0.2) is 12.2 Å². The summed E-state index contributed by atoms with van der Waals surface area (Å²) in [5, 5.41) is 40.8. The normalized spacial score (nSPS) is 54.0. The molecule has 6 heteroatoms. The summed E-state index contributed by atoms with van der Waals surface area (Å²) in [4.78, 5) is 0. The highest BCUT2D eigenvalue weighted by Crippen LogP contribution is 2.88. The molecule has 0 amide bonds. The average Bonchev–Trinajstić information content (AvgIpc) is 3.54. The van der Waals surface area contributed by atoms with E-state index in [0.717, 1.165) is 24.2 Å². The number of allylic oxidation sites excluding steroid dienone is 1. The molecule has 6 rings (SSSR count). The first kappa shape index (κ1) is 31.5. The van der Waals surface area contributed by atoms with Gasteiger partial charge in [0.05, 0.1) is 12.7 Å². The van der Waals surface area contributed by atoms with Crippen molar-refractivity contribution >= 4 is 0 Å². The summed E-state index contributed by atoms with van der Waals surface area (Å²) in [6.07, 6.45) is 7.95. The summed E-state index contributed by atoms with van der Waals surface area (Å²) < 4.78 is 12.1. The number of hydrogen-bond donors (Lipinski definition) is 4.